The van der Waals surface area contributed by atoms with Crippen molar-refractivity contribution in [1.82, 2.24) is 4.90 Å². The number of nitrogens with zero attached hydrogens (tertiary/aromatic N) is 2. The first-order valence-electron chi connectivity index (χ1n) is 5.75. The molecular weight excluding hydrogens is 212 g/mol. The molecule has 0 heterocycles. The van der Waals surface area contributed by atoms with E-state index in [2.05, 4.69) is 6.07 Å². The molecule has 0 saturated carbocycles. The first-order valence-corrected chi connectivity index (χ1v) is 5.75. The molecule has 2 unspecified atom stereocenters. The number of nitriles is 1. The second kappa shape index (κ2) is 6.17. The summed E-state index contributed by atoms with van der Waals surface area (Å²) in [5.41, 5.74) is 0.719. The van der Waals surface area contributed by atoms with Gasteiger partial charge in [-0.3, -0.25) is 9.69 Å². The van der Waals surface area contributed by atoms with Crippen LogP contribution in [0.15, 0.2) is 30.3 Å². The third-order valence-corrected chi connectivity index (χ3v) is 2.88. The number of hydrogen-bond acceptors (Lipinski definition) is 3. The molecule has 3 heteroatoms. The van der Waals surface area contributed by atoms with Crippen molar-refractivity contribution < 1.29 is 4.79 Å². The van der Waals surface area contributed by atoms with Gasteiger partial charge in [0.2, 0.25) is 0 Å². The van der Waals surface area contributed by atoms with Crippen LogP contribution < -0.4 is 0 Å². The molecule has 2 atom stereocenters. The van der Waals surface area contributed by atoms with Gasteiger partial charge in [-0.05, 0) is 20.9 Å². The molecule has 0 amide bonds. The Hall–Kier alpha value is -1.66. The molecule has 0 fully saturated rings. The Morgan fingerprint density at radius 1 is 1.35 bits per heavy atom. The van der Waals surface area contributed by atoms with Gasteiger partial charge in [-0.15, -0.1) is 0 Å². The van der Waals surface area contributed by atoms with E-state index >= 15 is 0 Å². The summed E-state index contributed by atoms with van der Waals surface area (Å²) in [5, 5.41) is 8.76. The zero-order valence-corrected chi connectivity index (χ0v) is 10.6. The smallest absolute Gasteiger partial charge is 0.179 e. The van der Waals surface area contributed by atoms with E-state index in [-0.39, 0.29) is 17.7 Å². The van der Waals surface area contributed by atoms with E-state index in [0.717, 1.165) is 5.56 Å². The van der Waals surface area contributed by atoms with Crippen molar-refractivity contribution in [2.75, 3.05) is 13.6 Å². The predicted octanol–water partition coefficient (Wildman–Crippen LogP) is 2.35. The average molecular weight is 230 g/mol. The van der Waals surface area contributed by atoms with Crippen molar-refractivity contribution in [1.29, 1.82) is 5.26 Å². The van der Waals surface area contributed by atoms with Gasteiger partial charge in [0.25, 0.3) is 0 Å². The number of carbonyl (C=O) groups excluding carboxylic acids is 1. The highest BCUT2D eigenvalue weighted by Gasteiger charge is 2.20. The molecular formula is C14H18N2O. The second-order valence-corrected chi connectivity index (χ2v) is 4.38. The number of likely N-dealkylation sites (N-methyl/N-ethyl adjacent to an activating group) is 1. The maximum atomic E-state index is 12.1. The Morgan fingerprint density at radius 2 is 1.94 bits per heavy atom. The maximum Gasteiger partial charge on any atom is 0.179 e. The highest BCUT2D eigenvalue weighted by Crippen LogP contribution is 2.09. The summed E-state index contributed by atoms with van der Waals surface area (Å²) < 4.78 is 0. The third kappa shape index (κ3) is 3.69. The van der Waals surface area contributed by atoms with Crippen molar-refractivity contribution in [2.24, 2.45) is 5.92 Å². The summed E-state index contributed by atoms with van der Waals surface area (Å²) in [5.74, 6) is 0.0317. The van der Waals surface area contributed by atoms with Gasteiger partial charge < -0.3 is 0 Å². The van der Waals surface area contributed by atoms with E-state index in [0.29, 0.717) is 6.54 Å². The van der Waals surface area contributed by atoms with Gasteiger partial charge in [0, 0.05) is 12.1 Å². The molecule has 0 aromatic heterocycles. The number of carbonyl (C=O) groups is 1. The number of ketones is 1. The Morgan fingerprint density at radius 3 is 2.47 bits per heavy atom. The van der Waals surface area contributed by atoms with Crippen LogP contribution in [0, 0.1) is 17.2 Å². The van der Waals surface area contributed by atoms with Crippen molar-refractivity contribution in [3.63, 3.8) is 0 Å². The van der Waals surface area contributed by atoms with Gasteiger partial charge in [0.15, 0.2) is 5.78 Å². The molecule has 90 valence electrons. The lowest BCUT2D eigenvalue weighted by Crippen LogP contribution is -2.38. The lowest BCUT2D eigenvalue weighted by Gasteiger charge is -2.24. The Kier molecular flexibility index (Phi) is 4.86. The van der Waals surface area contributed by atoms with E-state index < -0.39 is 0 Å². The first-order chi connectivity index (χ1) is 8.06. The monoisotopic (exact) mass is 230 g/mol. The molecule has 0 aliphatic rings. The molecule has 0 aliphatic heterocycles. The van der Waals surface area contributed by atoms with Crippen molar-refractivity contribution in [2.45, 2.75) is 19.9 Å². The quantitative estimate of drug-likeness (QED) is 0.729. The van der Waals surface area contributed by atoms with Gasteiger partial charge in [-0.1, -0.05) is 30.3 Å². The topological polar surface area (TPSA) is 44.1 Å². The van der Waals surface area contributed by atoms with Crippen LogP contribution in [0.3, 0.4) is 0 Å². The van der Waals surface area contributed by atoms with Crippen molar-refractivity contribution >= 4 is 5.78 Å². The van der Waals surface area contributed by atoms with E-state index in [9.17, 15) is 4.79 Å². The lowest BCUT2D eigenvalue weighted by atomic mass is 10.0. The van der Waals surface area contributed by atoms with Gasteiger partial charge in [-0.2, -0.15) is 5.26 Å². The van der Waals surface area contributed by atoms with Gasteiger partial charge >= 0.3 is 0 Å². The van der Waals surface area contributed by atoms with Gasteiger partial charge in [0.05, 0.1) is 18.0 Å². The molecule has 0 aliphatic carbocycles. The Labute approximate surface area is 103 Å². The van der Waals surface area contributed by atoms with Gasteiger partial charge in [0.1, 0.15) is 0 Å². The van der Waals surface area contributed by atoms with Crippen molar-refractivity contribution in [3.8, 4) is 6.07 Å². The maximum absolute atomic E-state index is 12.1. The minimum atomic E-state index is -0.201. The minimum Gasteiger partial charge on any atom is -0.295 e. The first kappa shape index (κ1) is 13.4. The lowest BCUT2D eigenvalue weighted by molar-refractivity contribution is 0.0862. The third-order valence-electron chi connectivity index (χ3n) is 2.88. The van der Waals surface area contributed by atoms with Crippen LogP contribution in [0.1, 0.15) is 24.2 Å². The molecule has 1 aromatic carbocycles. The largest absolute Gasteiger partial charge is 0.295 e. The number of benzene rings is 1. The van der Waals surface area contributed by atoms with Crippen LogP contribution in [0.5, 0.6) is 0 Å². The van der Waals surface area contributed by atoms with Crippen LogP contribution in [0.25, 0.3) is 0 Å². The molecule has 0 N–H and O–H groups in total. The zero-order chi connectivity index (χ0) is 12.8. The fourth-order valence-electron chi connectivity index (χ4n) is 1.67. The standard InChI is InChI=1S/C14H18N2O/c1-11(9-15)10-16(3)12(2)14(17)13-7-5-4-6-8-13/h4-8,11-12H,10H2,1-3H3. The molecule has 0 bridgehead atoms. The van der Waals surface area contributed by atoms with E-state index in [1.807, 2.05) is 56.1 Å². The van der Waals surface area contributed by atoms with Gasteiger partial charge in [-0.25, -0.2) is 0 Å². The zero-order valence-electron chi connectivity index (χ0n) is 10.6. The molecule has 1 rings (SSSR count). The van der Waals surface area contributed by atoms with Crippen LogP contribution in [-0.2, 0) is 0 Å². The molecule has 17 heavy (non-hydrogen) atoms. The molecule has 0 spiro atoms. The highest BCUT2D eigenvalue weighted by molar-refractivity contribution is 5.99. The van der Waals surface area contributed by atoms with E-state index in [4.69, 9.17) is 5.26 Å². The minimum absolute atomic E-state index is 0.0639. The Bertz CT molecular complexity index is 408. The van der Waals surface area contributed by atoms with Crippen molar-refractivity contribution in [3.05, 3.63) is 35.9 Å². The summed E-state index contributed by atoms with van der Waals surface area (Å²) in [6.07, 6.45) is 0. The van der Waals surface area contributed by atoms with Crippen LogP contribution in [0.4, 0.5) is 0 Å². The fourth-order valence-corrected chi connectivity index (χ4v) is 1.67. The SMILES string of the molecule is CC(C#N)CN(C)C(C)C(=O)c1ccccc1. The average Bonchev–Trinajstić information content (AvgIpc) is 2.37. The second-order valence-electron chi connectivity index (χ2n) is 4.38. The number of Topliss-reactive ketones (excluding diaryl/α,β-unsaturated/α-hetero) is 1. The van der Waals surface area contributed by atoms with Crippen LogP contribution in [-0.4, -0.2) is 30.3 Å². The van der Waals surface area contributed by atoms with E-state index in [1.54, 1.807) is 0 Å². The molecule has 0 radical (unpaired) electrons. The molecule has 0 saturated heterocycles. The van der Waals surface area contributed by atoms with Crippen LogP contribution >= 0.6 is 0 Å². The summed E-state index contributed by atoms with van der Waals surface area (Å²) >= 11 is 0. The Balaban J connectivity index is 2.68. The fraction of sp³-hybridized carbons (Fsp3) is 0.429. The molecule has 1 aromatic rings. The summed E-state index contributed by atoms with van der Waals surface area (Å²) in [6.45, 7) is 4.34. The predicted molar refractivity (Wildman–Crippen MR) is 67.6 cm³/mol. The molecule has 3 nitrogen and oxygen atoms in total. The summed E-state index contributed by atoms with van der Waals surface area (Å²) in [6, 6.07) is 11.2. The van der Waals surface area contributed by atoms with E-state index in [1.165, 1.54) is 0 Å². The van der Waals surface area contributed by atoms with Crippen LogP contribution in [0.2, 0.25) is 0 Å². The number of rotatable bonds is 5. The summed E-state index contributed by atoms with van der Waals surface area (Å²) in [7, 11) is 1.87. The highest BCUT2D eigenvalue weighted by atomic mass is 16.1. The summed E-state index contributed by atoms with van der Waals surface area (Å²) in [4.78, 5) is 14.1. The number of hydrogen-bond donors (Lipinski definition) is 0. The normalized spacial score (nSPS) is 14.1.